The quantitative estimate of drug-likeness (QED) is 0.714. The second-order valence-corrected chi connectivity index (χ2v) is 6.54. The van der Waals surface area contributed by atoms with E-state index in [1.54, 1.807) is 18.3 Å². The van der Waals surface area contributed by atoms with Gasteiger partial charge in [0.1, 0.15) is 17.2 Å². The summed E-state index contributed by atoms with van der Waals surface area (Å²) in [5.74, 6) is -2.69. The summed E-state index contributed by atoms with van der Waals surface area (Å²) in [6, 6.07) is 10.7. The Morgan fingerprint density at radius 3 is 2.46 bits per heavy atom. The minimum atomic E-state index is -0.912. The van der Waals surface area contributed by atoms with E-state index in [0.717, 1.165) is 22.6 Å². The lowest BCUT2D eigenvalue weighted by atomic mass is 10.1. The van der Waals surface area contributed by atoms with E-state index < -0.39 is 23.1 Å². The third kappa shape index (κ3) is 3.77. The van der Waals surface area contributed by atoms with Gasteiger partial charge in [0.15, 0.2) is 5.13 Å². The van der Waals surface area contributed by atoms with E-state index in [4.69, 9.17) is 11.6 Å². The molecular formula is C17H11ClF2N2OS. The lowest BCUT2D eigenvalue weighted by Crippen LogP contribution is -2.15. The van der Waals surface area contributed by atoms with Crippen molar-refractivity contribution >= 4 is 34.0 Å². The molecule has 0 saturated carbocycles. The van der Waals surface area contributed by atoms with Crippen molar-refractivity contribution in [2.45, 2.75) is 6.42 Å². The zero-order valence-corrected chi connectivity index (χ0v) is 13.8. The molecule has 3 aromatic rings. The first-order chi connectivity index (χ1) is 11.5. The van der Waals surface area contributed by atoms with Gasteiger partial charge in [-0.2, -0.15) is 0 Å². The largest absolute Gasteiger partial charge is 0.298 e. The molecule has 0 bridgehead atoms. The van der Waals surface area contributed by atoms with Gasteiger partial charge < -0.3 is 0 Å². The molecule has 1 N–H and O–H groups in total. The van der Waals surface area contributed by atoms with Gasteiger partial charge in [-0.25, -0.2) is 13.8 Å². The van der Waals surface area contributed by atoms with Crippen molar-refractivity contribution in [3.63, 3.8) is 0 Å². The zero-order chi connectivity index (χ0) is 17.1. The average Bonchev–Trinajstić information content (AvgIpc) is 2.96. The van der Waals surface area contributed by atoms with Crippen molar-refractivity contribution in [2.75, 3.05) is 5.32 Å². The van der Waals surface area contributed by atoms with Crippen LogP contribution in [0.15, 0.2) is 48.7 Å². The van der Waals surface area contributed by atoms with E-state index in [1.807, 2.05) is 12.1 Å². The number of amides is 1. The van der Waals surface area contributed by atoms with Crippen LogP contribution in [0.1, 0.15) is 20.8 Å². The van der Waals surface area contributed by atoms with Crippen LogP contribution in [-0.2, 0) is 6.42 Å². The van der Waals surface area contributed by atoms with Gasteiger partial charge in [0.05, 0.1) is 0 Å². The molecule has 2 aromatic carbocycles. The molecule has 122 valence electrons. The third-order valence-corrected chi connectivity index (χ3v) is 4.42. The first kappa shape index (κ1) is 16.5. The first-order valence-corrected chi connectivity index (χ1v) is 8.17. The lowest BCUT2D eigenvalue weighted by molar-refractivity contribution is 0.101. The highest BCUT2D eigenvalue weighted by atomic mass is 35.5. The topological polar surface area (TPSA) is 42.0 Å². The first-order valence-electron chi connectivity index (χ1n) is 6.97. The Labute approximate surface area is 145 Å². The van der Waals surface area contributed by atoms with Crippen LogP contribution in [0.4, 0.5) is 13.9 Å². The fourth-order valence-electron chi connectivity index (χ4n) is 2.12. The number of nitrogens with one attached hydrogen (secondary N) is 1. The molecule has 24 heavy (non-hydrogen) atoms. The highest BCUT2D eigenvalue weighted by molar-refractivity contribution is 7.15. The molecule has 0 aliphatic carbocycles. The van der Waals surface area contributed by atoms with E-state index >= 15 is 0 Å². The SMILES string of the molecule is O=C(Nc1ncc(Cc2ccc(Cl)cc2)s1)c1c(F)cccc1F. The minimum Gasteiger partial charge on any atom is -0.298 e. The summed E-state index contributed by atoms with van der Waals surface area (Å²) in [5, 5.41) is 3.36. The molecule has 0 fully saturated rings. The van der Waals surface area contributed by atoms with Gasteiger partial charge in [-0.3, -0.25) is 10.1 Å². The van der Waals surface area contributed by atoms with Gasteiger partial charge in [-0.1, -0.05) is 29.8 Å². The molecule has 0 radical (unpaired) electrons. The number of halogens is 3. The van der Waals surface area contributed by atoms with E-state index in [2.05, 4.69) is 10.3 Å². The maximum Gasteiger partial charge on any atom is 0.263 e. The fraction of sp³-hybridized carbons (Fsp3) is 0.0588. The van der Waals surface area contributed by atoms with Crippen molar-refractivity contribution in [2.24, 2.45) is 0 Å². The van der Waals surface area contributed by atoms with E-state index in [0.29, 0.717) is 11.4 Å². The number of rotatable bonds is 4. The number of carbonyl (C=O) groups is 1. The number of anilines is 1. The van der Waals surface area contributed by atoms with Gasteiger partial charge in [-0.05, 0) is 29.8 Å². The van der Waals surface area contributed by atoms with E-state index in [-0.39, 0.29) is 5.13 Å². The Hall–Kier alpha value is -2.31. The molecule has 0 saturated heterocycles. The van der Waals surface area contributed by atoms with Crippen LogP contribution in [0.5, 0.6) is 0 Å². The Bertz CT molecular complexity index is 860. The van der Waals surface area contributed by atoms with Crippen molar-refractivity contribution in [1.29, 1.82) is 0 Å². The summed E-state index contributed by atoms with van der Waals surface area (Å²) < 4.78 is 27.2. The second-order valence-electron chi connectivity index (χ2n) is 4.99. The summed E-state index contributed by atoms with van der Waals surface area (Å²) in [7, 11) is 0. The van der Waals surface area contributed by atoms with Gasteiger partial charge in [0.25, 0.3) is 5.91 Å². The molecule has 1 heterocycles. The van der Waals surface area contributed by atoms with Crippen LogP contribution < -0.4 is 5.32 Å². The van der Waals surface area contributed by atoms with Crippen molar-refractivity contribution in [3.05, 3.63) is 81.3 Å². The van der Waals surface area contributed by atoms with E-state index in [1.165, 1.54) is 17.4 Å². The summed E-state index contributed by atoms with van der Waals surface area (Å²) in [6.07, 6.45) is 2.24. The summed E-state index contributed by atoms with van der Waals surface area (Å²) >= 11 is 7.09. The predicted octanol–water partition coefficient (Wildman–Crippen LogP) is 4.92. The smallest absolute Gasteiger partial charge is 0.263 e. The molecule has 0 unspecified atom stereocenters. The summed E-state index contributed by atoms with van der Waals surface area (Å²) in [6.45, 7) is 0. The average molecular weight is 365 g/mol. The van der Waals surface area contributed by atoms with Crippen LogP contribution in [-0.4, -0.2) is 10.9 Å². The lowest BCUT2D eigenvalue weighted by Gasteiger charge is -2.04. The van der Waals surface area contributed by atoms with Crippen LogP contribution in [0.25, 0.3) is 0 Å². The number of carbonyl (C=O) groups excluding carboxylic acids is 1. The fourth-order valence-corrected chi connectivity index (χ4v) is 3.09. The second kappa shape index (κ2) is 7.07. The summed E-state index contributed by atoms with van der Waals surface area (Å²) in [4.78, 5) is 17.0. The van der Waals surface area contributed by atoms with Crippen molar-refractivity contribution in [3.8, 4) is 0 Å². The van der Waals surface area contributed by atoms with Gasteiger partial charge in [0, 0.05) is 22.5 Å². The number of hydrogen-bond donors (Lipinski definition) is 1. The Kier molecular flexibility index (Phi) is 4.87. The standard InChI is InChI=1S/C17H11ClF2N2OS/c18-11-6-4-10(5-7-11)8-12-9-21-17(24-12)22-16(23)15-13(19)2-1-3-14(15)20/h1-7,9H,8H2,(H,21,22,23). The number of aromatic nitrogens is 1. The molecular weight excluding hydrogens is 354 g/mol. The number of hydrogen-bond acceptors (Lipinski definition) is 3. The molecule has 7 heteroatoms. The zero-order valence-electron chi connectivity index (χ0n) is 12.2. The predicted molar refractivity (Wildman–Crippen MR) is 90.7 cm³/mol. The highest BCUT2D eigenvalue weighted by Gasteiger charge is 2.18. The molecule has 1 amide bonds. The molecule has 1 aromatic heterocycles. The van der Waals surface area contributed by atoms with Crippen LogP contribution in [0.2, 0.25) is 5.02 Å². The van der Waals surface area contributed by atoms with Crippen LogP contribution >= 0.6 is 22.9 Å². The molecule has 0 aliphatic heterocycles. The van der Waals surface area contributed by atoms with Gasteiger partial charge in [0.2, 0.25) is 0 Å². The normalized spacial score (nSPS) is 10.6. The number of nitrogens with zero attached hydrogens (tertiary/aromatic N) is 1. The van der Waals surface area contributed by atoms with Gasteiger partial charge >= 0.3 is 0 Å². The molecule has 0 aliphatic rings. The molecule has 0 spiro atoms. The monoisotopic (exact) mass is 364 g/mol. The van der Waals surface area contributed by atoms with E-state index in [9.17, 15) is 13.6 Å². The van der Waals surface area contributed by atoms with Crippen molar-refractivity contribution < 1.29 is 13.6 Å². The maximum absolute atomic E-state index is 13.6. The van der Waals surface area contributed by atoms with Crippen LogP contribution in [0, 0.1) is 11.6 Å². The number of thiazole rings is 1. The molecule has 3 nitrogen and oxygen atoms in total. The van der Waals surface area contributed by atoms with Crippen LogP contribution in [0.3, 0.4) is 0 Å². The Morgan fingerprint density at radius 2 is 1.79 bits per heavy atom. The Balaban J connectivity index is 1.72. The maximum atomic E-state index is 13.6. The van der Waals surface area contributed by atoms with Gasteiger partial charge in [-0.15, -0.1) is 11.3 Å². The Morgan fingerprint density at radius 1 is 1.12 bits per heavy atom. The van der Waals surface area contributed by atoms with Crippen molar-refractivity contribution in [1.82, 2.24) is 4.98 Å². The third-order valence-electron chi connectivity index (χ3n) is 3.26. The molecule has 3 rings (SSSR count). The molecule has 0 atom stereocenters. The highest BCUT2D eigenvalue weighted by Crippen LogP contribution is 2.23. The number of benzene rings is 2. The summed E-state index contributed by atoms with van der Waals surface area (Å²) in [5.41, 5.74) is 0.424. The minimum absolute atomic E-state index is 0.284.